The Balaban J connectivity index is 2.63. The monoisotopic (exact) mass is 254 g/mol. The van der Waals surface area contributed by atoms with E-state index in [-0.39, 0.29) is 11.4 Å². The minimum absolute atomic E-state index is 0.167. The zero-order valence-corrected chi connectivity index (χ0v) is 10.1. The Morgan fingerprint density at radius 1 is 1.41 bits per heavy atom. The van der Waals surface area contributed by atoms with Crippen LogP contribution in [0.2, 0.25) is 5.02 Å². The first-order valence-corrected chi connectivity index (χ1v) is 5.71. The topological polar surface area (TPSA) is 52.0 Å². The van der Waals surface area contributed by atoms with E-state index in [2.05, 4.69) is 5.16 Å². The molecule has 1 heterocycles. The first kappa shape index (κ1) is 11.9. The van der Waals surface area contributed by atoms with Crippen LogP contribution < -0.4 is 5.73 Å². The number of rotatable bonds is 3. The first-order chi connectivity index (χ1) is 8.15. The SMILES string of the molecule is CCCc1onc(N)c1-c1c(F)cccc1Cl. The first-order valence-electron chi connectivity index (χ1n) is 5.33. The summed E-state index contributed by atoms with van der Waals surface area (Å²) in [6, 6.07) is 4.50. The molecular formula is C12H12ClFN2O. The van der Waals surface area contributed by atoms with Crippen LogP contribution in [0.1, 0.15) is 19.1 Å². The molecule has 0 fully saturated rings. The van der Waals surface area contributed by atoms with Crippen LogP contribution in [0.25, 0.3) is 11.1 Å². The zero-order valence-electron chi connectivity index (χ0n) is 9.34. The van der Waals surface area contributed by atoms with Gasteiger partial charge in [0.1, 0.15) is 11.6 Å². The molecule has 1 aromatic heterocycles. The average molecular weight is 255 g/mol. The lowest BCUT2D eigenvalue weighted by molar-refractivity contribution is 0.385. The molecule has 0 unspecified atom stereocenters. The molecule has 0 amide bonds. The van der Waals surface area contributed by atoms with Gasteiger partial charge in [-0.3, -0.25) is 0 Å². The molecule has 2 N–H and O–H groups in total. The van der Waals surface area contributed by atoms with Gasteiger partial charge in [0.2, 0.25) is 0 Å². The van der Waals surface area contributed by atoms with Crippen LogP contribution in [0, 0.1) is 5.82 Å². The van der Waals surface area contributed by atoms with Crippen molar-refractivity contribution in [1.29, 1.82) is 0 Å². The predicted molar refractivity (Wildman–Crippen MR) is 65.3 cm³/mol. The smallest absolute Gasteiger partial charge is 0.175 e. The largest absolute Gasteiger partial charge is 0.380 e. The van der Waals surface area contributed by atoms with Crippen LogP contribution in [0.5, 0.6) is 0 Å². The lowest BCUT2D eigenvalue weighted by atomic mass is 10.0. The Bertz CT molecular complexity index is 519. The maximum atomic E-state index is 13.8. The molecule has 2 rings (SSSR count). The zero-order chi connectivity index (χ0) is 12.4. The molecule has 90 valence electrons. The third-order valence-electron chi connectivity index (χ3n) is 2.48. The Labute approximate surface area is 103 Å². The van der Waals surface area contributed by atoms with E-state index in [9.17, 15) is 4.39 Å². The van der Waals surface area contributed by atoms with Crippen molar-refractivity contribution in [2.45, 2.75) is 19.8 Å². The molecular weight excluding hydrogens is 243 g/mol. The summed E-state index contributed by atoms with van der Waals surface area (Å²) in [5, 5.41) is 3.97. The van der Waals surface area contributed by atoms with Crippen LogP contribution in [0.15, 0.2) is 22.7 Å². The molecule has 0 spiro atoms. The summed E-state index contributed by atoms with van der Waals surface area (Å²) in [7, 11) is 0. The molecule has 3 nitrogen and oxygen atoms in total. The van der Waals surface area contributed by atoms with Gasteiger partial charge < -0.3 is 10.3 Å². The fraction of sp³-hybridized carbons (Fsp3) is 0.250. The van der Waals surface area contributed by atoms with E-state index in [1.165, 1.54) is 6.07 Å². The molecule has 0 aliphatic carbocycles. The fourth-order valence-corrected chi connectivity index (χ4v) is 2.00. The summed E-state index contributed by atoms with van der Waals surface area (Å²) in [4.78, 5) is 0. The summed E-state index contributed by atoms with van der Waals surface area (Å²) in [5.74, 6) is 0.308. The van der Waals surface area contributed by atoms with Gasteiger partial charge in [0.05, 0.1) is 10.6 Å². The van der Waals surface area contributed by atoms with Crippen LogP contribution >= 0.6 is 11.6 Å². The number of benzene rings is 1. The average Bonchev–Trinajstić information content (AvgIpc) is 2.62. The normalized spacial score (nSPS) is 10.8. The Kier molecular flexibility index (Phi) is 3.33. The van der Waals surface area contributed by atoms with E-state index in [1.54, 1.807) is 12.1 Å². The van der Waals surface area contributed by atoms with Crippen LogP contribution in [0.3, 0.4) is 0 Å². The highest BCUT2D eigenvalue weighted by Crippen LogP contribution is 2.37. The van der Waals surface area contributed by atoms with Gasteiger partial charge in [-0.2, -0.15) is 0 Å². The number of nitrogens with zero attached hydrogens (tertiary/aromatic N) is 1. The maximum Gasteiger partial charge on any atom is 0.175 e. The highest BCUT2D eigenvalue weighted by atomic mass is 35.5. The number of nitrogens with two attached hydrogens (primary N) is 1. The van der Waals surface area contributed by atoms with E-state index in [0.29, 0.717) is 22.8 Å². The van der Waals surface area contributed by atoms with E-state index in [0.717, 1.165) is 6.42 Å². The molecule has 17 heavy (non-hydrogen) atoms. The highest BCUT2D eigenvalue weighted by molar-refractivity contribution is 6.33. The van der Waals surface area contributed by atoms with E-state index < -0.39 is 5.82 Å². The minimum atomic E-state index is -0.426. The second-order valence-electron chi connectivity index (χ2n) is 3.71. The third kappa shape index (κ3) is 2.13. The highest BCUT2D eigenvalue weighted by Gasteiger charge is 2.20. The van der Waals surface area contributed by atoms with Gasteiger partial charge in [-0.1, -0.05) is 29.7 Å². The van der Waals surface area contributed by atoms with Crippen molar-refractivity contribution in [1.82, 2.24) is 5.16 Å². The van der Waals surface area contributed by atoms with Crippen LogP contribution in [-0.4, -0.2) is 5.16 Å². The number of aryl methyl sites for hydroxylation is 1. The Morgan fingerprint density at radius 3 is 2.82 bits per heavy atom. The van der Waals surface area contributed by atoms with Gasteiger partial charge in [0.15, 0.2) is 5.82 Å². The van der Waals surface area contributed by atoms with Gasteiger partial charge in [-0.15, -0.1) is 0 Å². The summed E-state index contributed by atoms with van der Waals surface area (Å²) >= 11 is 6.00. The lowest BCUT2D eigenvalue weighted by Gasteiger charge is -2.05. The number of aromatic nitrogens is 1. The van der Waals surface area contributed by atoms with Crippen molar-refractivity contribution in [3.63, 3.8) is 0 Å². The van der Waals surface area contributed by atoms with Gasteiger partial charge >= 0.3 is 0 Å². The molecule has 5 heteroatoms. The summed E-state index contributed by atoms with van der Waals surface area (Å²) in [5.41, 5.74) is 6.44. The molecule has 0 bridgehead atoms. The lowest BCUT2D eigenvalue weighted by Crippen LogP contribution is -1.94. The third-order valence-corrected chi connectivity index (χ3v) is 2.79. The molecule has 0 saturated carbocycles. The van der Waals surface area contributed by atoms with E-state index in [1.807, 2.05) is 6.92 Å². The van der Waals surface area contributed by atoms with Crippen molar-refractivity contribution in [3.8, 4) is 11.1 Å². The van der Waals surface area contributed by atoms with Gasteiger partial charge in [-0.25, -0.2) is 4.39 Å². The fourth-order valence-electron chi connectivity index (χ4n) is 1.74. The second kappa shape index (κ2) is 4.75. The van der Waals surface area contributed by atoms with Crippen molar-refractivity contribution in [3.05, 3.63) is 34.8 Å². The number of hydrogen-bond acceptors (Lipinski definition) is 3. The number of nitrogen functional groups attached to an aromatic ring is 1. The van der Waals surface area contributed by atoms with Crippen LogP contribution in [0.4, 0.5) is 10.2 Å². The Hall–Kier alpha value is -1.55. The molecule has 0 saturated heterocycles. The predicted octanol–water partition coefficient (Wildman–Crippen LogP) is 3.67. The molecule has 2 aromatic rings. The Morgan fingerprint density at radius 2 is 2.18 bits per heavy atom. The van der Waals surface area contributed by atoms with Crippen molar-refractivity contribution in [2.75, 3.05) is 5.73 Å². The van der Waals surface area contributed by atoms with Gasteiger partial charge in [-0.05, 0) is 18.6 Å². The summed E-state index contributed by atoms with van der Waals surface area (Å²) in [6.07, 6.45) is 1.50. The van der Waals surface area contributed by atoms with Crippen molar-refractivity contribution < 1.29 is 8.91 Å². The van der Waals surface area contributed by atoms with Gasteiger partial charge in [0.25, 0.3) is 0 Å². The summed E-state index contributed by atoms with van der Waals surface area (Å²) in [6.45, 7) is 1.99. The minimum Gasteiger partial charge on any atom is -0.380 e. The van der Waals surface area contributed by atoms with Crippen molar-refractivity contribution >= 4 is 17.4 Å². The van der Waals surface area contributed by atoms with Crippen molar-refractivity contribution in [2.24, 2.45) is 0 Å². The number of halogens is 2. The molecule has 0 aliphatic heterocycles. The number of anilines is 1. The number of hydrogen-bond donors (Lipinski definition) is 1. The van der Waals surface area contributed by atoms with E-state index in [4.69, 9.17) is 21.9 Å². The second-order valence-corrected chi connectivity index (χ2v) is 4.12. The quantitative estimate of drug-likeness (QED) is 0.909. The van der Waals surface area contributed by atoms with Gasteiger partial charge in [0, 0.05) is 12.0 Å². The maximum absolute atomic E-state index is 13.8. The molecule has 0 radical (unpaired) electrons. The molecule has 1 aromatic carbocycles. The van der Waals surface area contributed by atoms with Crippen LogP contribution in [-0.2, 0) is 6.42 Å². The van der Waals surface area contributed by atoms with E-state index >= 15 is 0 Å². The standard InChI is InChI=1S/C12H12ClFN2O/c1-2-4-9-11(12(15)16-17-9)10-7(13)5-3-6-8(10)14/h3,5-6H,2,4H2,1H3,(H2,15,16). The summed E-state index contributed by atoms with van der Waals surface area (Å²) < 4.78 is 18.9. The molecule has 0 atom stereocenters. The molecule has 0 aliphatic rings.